The maximum absolute atomic E-state index is 5.44. The van der Waals surface area contributed by atoms with E-state index in [-0.39, 0.29) is 0 Å². The fourth-order valence-electron chi connectivity index (χ4n) is 4.10. The van der Waals surface area contributed by atoms with Crippen molar-refractivity contribution in [1.82, 2.24) is 14.9 Å². The van der Waals surface area contributed by atoms with Crippen molar-refractivity contribution >= 4 is 11.8 Å². The largest absolute Gasteiger partial charge is 0.378 e. The molecule has 28 heavy (non-hydrogen) atoms. The van der Waals surface area contributed by atoms with Crippen molar-refractivity contribution < 1.29 is 4.74 Å². The number of aromatic nitrogens is 2. The lowest BCUT2D eigenvalue weighted by Gasteiger charge is -2.37. The van der Waals surface area contributed by atoms with Gasteiger partial charge in [-0.3, -0.25) is 0 Å². The van der Waals surface area contributed by atoms with Crippen LogP contribution in [0.1, 0.15) is 18.4 Å². The van der Waals surface area contributed by atoms with E-state index in [1.807, 2.05) is 12.3 Å². The molecule has 0 amide bonds. The first-order valence-corrected chi connectivity index (χ1v) is 10.4. The number of hydrogen-bond acceptors (Lipinski definition) is 6. The van der Waals surface area contributed by atoms with Gasteiger partial charge >= 0.3 is 0 Å². The Morgan fingerprint density at radius 1 is 1.04 bits per heavy atom. The Morgan fingerprint density at radius 3 is 2.54 bits per heavy atom. The molecule has 1 aromatic carbocycles. The van der Waals surface area contributed by atoms with Crippen LogP contribution >= 0.6 is 0 Å². The van der Waals surface area contributed by atoms with Crippen LogP contribution < -0.4 is 9.80 Å². The molecule has 0 atom stereocenters. The van der Waals surface area contributed by atoms with Gasteiger partial charge in [0.2, 0.25) is 5.95 Å². The van der Waals surface area contributed by atoms with Crippen LogP contribution in [0.5, 0.6) is 0 Å². The first-order valence-electron chi connectivity index (χ1n) is 10.4. The van der Waals surface area contributed by atoms with Gasteiger partial charge < -0.3 is 19.4 Å². The van der Waals surface area contributed by atoms with Gasteiger partial charge in [-0.25, -0.2) is 4.98 Å². The minimum Gasteiger partial charge on any atom is -0.378 e. The van der Waals surface area contributed by atoms with Crippen molar-refractivity contribution in [1.29, 1.82) is 0 Å². The van der Waals surface area contributed by atoms with Gasteiger partial charge in [0.15, 0.2) is 0 Å². The Bertz CT molecular complexity index is 727. The standard InChI is InChI=1S/C22H31N5O/c1-25(21-7-11-23-22(24-21)27-15-17-28-18-16-27)20-9-13-26(14-10-20)12-8-19-5-3-2-4-6-19/h2-7,11,20H,8-10,12-18H2,1H3. The third kappa shape index (κ3) is 4.80. The predicted molar refractivity (Wildman–Crippen MR) is 113 cm³/mol. The Labute approximate surface area is 168 Å². The molecule has 0 spiro atoms. The molecule has 2 aliphatic heterocycles. The number of nitrogens with zero attached hydrogens (tertiary/aromatic N) is 5. The predicted octanol–water partition coefficient (Wildman–Crippen LogP) is 2.46. The van der Waals surface area contributed by atoms with Crippen LogP contribution in [0.4, 0.5) is 11.8 Å². The van der Waals surface area contributed by atoms with Crippen LogP contribution in [0.2, 0.25) is 0 Å². The highest BCUT2D eigenvalue weighted by Crippen LogP contribution is 2.22. The van der Waals surface area contributed by atoms with Crippen molar-refractivity contribution in [3.63, 3.8) is 0 Å². The van der Waals surface area contributed by atoms with Crippen LogP contribution in [0.25, 0.3) is 0 Å². The lowest BCUT2D eigenvalue weighted by molar-refractivity contribution is 0.122. The molecule has 0 radical (unpaired) electrons. The van der Waals surface area contributed by atoms with Crippen molar-refractivity contribution in [3.8, 4) is 0 Å². The van der Waals surface area contributed by atoms with Crippen LogP contribution in [0.3, 0.4) is 0 Å². The molecule has 4 rings (SSSR count). The summed E-state index contributed by atoms with van der Waals surface area (Å²) in [6.07, 6.45) is 5.39. The summed E-state index contributed by atoms with van der Waals surface area (Å²) >= 11 is 0. The van der Waals surface area contributed by atoms with E-state index in [2.05, 4.69) is 57.1 Å². The molecular formula is C22H31N5O. The number of hydrogen-bond donors (Lipinski definition) is 0. The molecule has 6 heteroatoms. The zero-order chi connectivity index (χ0) is 19.2. The second kappa shape index (κ2) is 9.34. The number of piperidine rings is 1. The molecule has 2 fully saturated rings. The van der Waals surface area contributed by atoms with Crippen LogP contribution in [-0.4, -0.2) is 73.9 Å². The first-order chi connectivity index (χ1) is 13.8. The van der Waals surface area contributed by atoms with Crippen molar-refractivity contribution in [3.05, 3.63) is 48.2 Å². The van der Waals surface area contributed by atoms with Gasteiger partial charge in [-0.2, -0.15) is 4.98 Å². The summed E-state index contributed by atoms with van der Waals surface area (Å²) in [6.45, 7) is 6.71. The van der Waals surface area contributed by atoms with Gasteiger partial charge in [-0.05, 0) is 30.9 Å². The average Bonchev–Trinajstić information content (AvgIpc) is 2.79. The molecule has 150 valence electrons. The molecule has 2 aliphatic rings. The maximum Gasteiger partial charge on any atom is 0.227 e. The summed E-state index contributed by atoms with van der Waals surface area (Å²) in [4.78, 5) is 16.5. The van der Waals surface area contributed by atoms with E-state index in [0.29, 0.717) is 6.04 Å². The summed E-state index contributed by atoms with van der Waals surface area (Å²) in [5.74, 6) is 1.85. The number of likely N-dealkylation sites (tertiary alicyclic amines) is 1. The molecule has 3 heterocycles. The van der Waals surface area contributed by atoms with Crippen LogP contribution in [0.15, 0.2) is 42.6 Å². The second-order valence-electron chi connectivity index (χ2n) is 7.73. The topological polar surface area (TPSA) is 44.7 Å². The normalized spacial score (nSPS) is 19.0. The van der Waals surface area contributed by atoms with Gasteiger partial charge in [0.05, 0.1) is 13.2 Å². The third-order valence-corrected chi connectivity index (χ3v) is 5.95. The van der Waals surface area contributed by atoms with E-state index in [1.165, 1.54) is 18.4 Å². The van der Waals surface area contributed by atoms with Crippen LogP contribution in [0, 0.1) is 0 Å². The van der Waals surface area contributed by atoms with Gasteiger partial charge in [0.1, 0.15) is 5.82 Å². The molecule has 2 aromatic rings. The first kappa shape index (κ1) is 19.2. The number of ether oxygens (including phenoxy) is 1. The SMILES string of the molecule is CN(c1ccnc(N2CCOCC2)n1)C1CCN(CCc2ccccc2)CC1. The second-order valence-corrected chi connectivity index (χ2v) is 7.73. The van der Waals surface area contributed by atoms with Crippen molar-refractivity contribution in [2.24, 2.45) is 0 Å². The quantitative estimate of drug-likeness (QED) is 0.766. The van der Waals surface area contributed by atoms with Gasteiger partial charge in [0, 0.05) is 52.0 Å². The summed E-state index contributed by atoms with van der Waals surface area (Å²) in [6, 6.07) is 13.4. The average molecular weight is 382 g/mol. The summed E-state index contributed by atoms with van der Waals surface area (Å²) in [7, 11) is 2.18. The molecule has 0 aliphatic carbocycles. The highest BCUT2D eigenvalue weighted by Gasteiger charge is 2.24. The van der Waals surface area contributed by atoms with Gasteiger partial charge in [0.25, 0.3) is 0 Å². The van der Waals surface area contributed by atoms with Gasteiger partial charge in [-0.15, -0.1) is 0 Å². The number of morpholine rings is 1. The lowest BCUT2D eigenvalue weighted by atomic mass is 10.0. The maximum atomic E-state index is 5.44. The van der Waals surface area contributed by atoms with Crippen molar-refractivity contribution in [2.75, 3.05) is 62.8 Å². The zero-order valence-electron chi connectivity index (χ0n) is 16.8. The molecule has 1 aromatic heterocycles. The van der Waals surface area contributed by atoms with E-state index in [4.69, 9.17) is 9.72 Å². The van der Waals surface area contributed by atoms with E-state index in [1.54, 1.807) is 0 Å². The summed E-state index contributed by atoms with van der Waals surface area (Å²) in [5.41, 5.74) is 1.43. The Kier molecular flexibility index (Phi) is 6.39. The molecular weight excluding hydrogens is 350 g/mol. The monoisotopic (exact) mass is 381 g/mol. The molecule has 0 N–H and O–H groups in total. The van der Waals surface area contributed by atoms with E-state index < -0.39 is 0 Å². The van der Waals surface area contributed by atoms with E-state index >= 15 is 0 Å². The minimum atomic E-state index is 0.542. The van der Waals surface area contributed by atoms with E-state index in [0.717, 1.165) is 64.1 Å². The fraction of sp³-hybridized carbons (Fsp3) is 0.545. The number of anilines is 2. The summed E-state index contributed by atoms with van der Waals surface area (Å²) < 4.78 is 5.44. The smallest absolute Gasteiger partial charge is 0.227 e. The minimum absolute atomic E-state index is 0.542. The zero-order valence-corrected chi connectivity index (χ0v) is 16.8. The number of rotatable bonds is 6. The van der Waals surface area contributed by atoms with Crippen molar-refractivity contribution in [2.45, 2.75) is 25.3 Å². The Hall–Kier alpha value is -2.18. The molecule has 0 saturated carbocycles. The molecule has 0 unspecified atom stereocenters. The third-order valence-electron chi connectivity index (χ3n) is 5.95. The number of benzene rings is 1. The highest BCUT2D eigenvalue weighted by molar-refractivity contribution is 5.44. The molecule has 0 bridgehead atoms. The molecule has 6 nitrogen and oxygen atoms in total. The van der Waals surface area contributed by atoms with E-state index in [9.17, 15) is 0 Å². The fourth-order valence-corrected chi connectivity index (χ4v) is 4.10. The lowest BCUT2D eigenvalue weighted by Crippen LogP contribution is -2.44. The highest BCUT2D eigenvalue weighted by atomic mass is 16.5. The van der Waals surface area contributed by atoms with Gasteiger partial charge in [-0.1, -0.05) is 30.3 Å². The van der Waals surface area contributed by atoms with Crippen LogP contribution in [-0.2, 0) is 11.2 Å². The summed E-state index contributed by atoms with van der Waals surface area (Å²) in [5, 5.41) is 0. The molecule has 2 saturated heterocycles. The Balaban J connectivity index is 1.29. The Morgan fingerprint density at radius 2 is 1.79 bits per heavy atom.